The molecule has 1 aromatic rings. The number of hydrogen-bond donors (Lipinski definition) is 1. The molecule has 0 saturated carbocycles. The highest BCUT2D eigenvalue weighted by Gasteiger charge is 2.08. The third-order valence-electron chi connectivity index (χ3n) is 2.07. The average molecular weight is 207 g/mol. The fraction of sp³-hybridized carbons (Fsp3) is 0.333. The summed E-state index contributed by atoms with van der Waals surface area (Å²) < 4.78 is 10.8. The van der Waals surface area contributed by atoms with Crippen molar-refractivity contribution < 1.29 is 9.47 Å². The Hall–Kier alpha value is -1.48. The molecule has 82 valence electrons. The van der Waals surface area contributed by atoms with E-state index < -0.39 is 0 Å². The zero-order chi connectivity index (χ0) is 11.1. The van der Waals surface area contributed by atoms with Gasteiger partial charge in [0.2, 0.25) is 0 Å². The Balaban J connectivity index is 2.84. The molecule has 0 amide bonds. The smallest absolute Gasteiger partial charge is 0.165 e. The van der Waals surface area contributed by atoms with Crippen molar-refractivity contribution in [2.75, 3.05) is 13.7 Å². The number of para-hydroxylation sites is 1. The van der Waals surface area contributed by atoms with Crippen molar-refractivity contribution in [3.63, 3.8) is 0 Å². The van der Waals surface area contributed by atoms with Crippen molar-refractivity contribution in [3.05, 3.63) is 36.4 Å². The van der Waals surface area contributed by atoms with Crippen LogP contribution in [-0.4, -0.2) is 13.7 Å². The molecule has 0 radical (unpaired) electrons. The summed E-state index contributed by atoms with van der Waals surface area (Å²) in [6.07, 6.45) is 2.62. The molecule has 0 aliphatic rings. The van der Waals surface area contributed by atoms with Gasteiger partial charge >= 0.3 is 0 Å². The zero-order valence-electron chi connectivity index (χ0n) is 9.03. The van der Waals surface area contributed by atoms with E-state index in [0.717, 1.165) is 23.5 Å². The van der Waals surface area contributed by atoms with Crippen LogP contribution in [0.1, 0.15) is 12.0 Å². The molecule has 1 aromatic carbocycles. The van der Waals surface area contributed by atoms with Gasteiger partial charge in [-0.3, -0.25) is 0 Å². The molecule has 15 heavy (non-hydrogen) atoms. The first kappa shape index (κ1) is 11.6. The maximum absolute atomic E-state index is 5.62. The molecule has 2 N–H and O–H groups in total. The number of ether oxygens (including phenoxy) is 2. The van der Waals surface area contributed by atoms with Crippen LogP contribution in [0, 0.1) is 0 Å². The monoisotopic (exact) mass is 207 g/mol. The second-order valence-corrected chi connectivity index (χ2v) is 3.08. The van der Waals surface area contributed by atoms with E-state index in [2.05, 4.69) is 6.58 Å². The molecule has 3 nitrogen and oxygen atoms in total. The van der Waals surface area contributed by atoms with Gasteiger partial charge in [-0.05, 0) is 12.5 Å². The summed E-state index contributed by atoms with van der Waals surface area (Å²) in [5.41, 5.74) is 6.58. The van der Waals surface area contributed by atoms with E-state index in [0.29, 0.717) is 13.2 Å². The number of rotatable bonds is 6. The van der Waals surface area contributed by atoms with Gasteiger partial charge in [0.1, 0.15) is 0 Å². The average Bonchev–Trinajstić information content (AvgIpc) is 2.29. The van der Waals surface area contributed by atoms with Crippen LogP contribution >= 0.6 is 0 Å². The fourth-order valence-corrected chi connectivity index (χ4v) is 1.29. The zero-order valence-corrected chi connectivity index (χ0v) is 9.03. The Morgan fingerprint density at radius 2 is 2.27 bits per heavy atom. The summed E-state index contributed by atoms with van der Waals surface area (Å²) in [4.78, 5) is 0. The molecule has 0 unspecified atom stereocenters. The summed E-state index contributed by atoms with van der Waals surface area (Å²) in [6, 6.07) is 5.70. The number of hydrogen-bond acceptors (Lipinski definition) is 3. The molecule has 0 heterocycles. The lowest BCUT2D eigenvalue weighted by atomic mass is 10.2. The molecule has 0 fully saturated rings. The van der Waals surface area contributed by atoms with E-state index in [9.17, 15) is 0 Å². The summed E-state index contributed by atoms with van der Waals surface area (Å²) in [6.45, 7) is 4.68. The molecule has 0 aliphatic heterocycles. The Morgan fingerprint density at radius 3 is 2.87 bits per heavy atom. The van der Waals surface area contributed by atoms with Crippen LogP contribution in [0.4, 0.5) is 0 Å². The minimum absolute atomic E-state index is 0.445. The van der Waals surface area contributed by atoms with E-state index in [1.807, 2.05) is 24.3 Å². The Labute approximate surface area is 90.5 Å². The van der Waals surface area contributed by atoms with Crippen LogP contribution in [-0.2, 0) is 6.54 Å². The van der Waals surface area contributed by atoms with Crippen molar-refractivity contribution in [1.29, 1.82) is 0 Å². The summed E-state index contributed by atoms with van der Waals surface area (Å²) in [7, 11) is 1.62. The third-order valence-corrected chi connectivity index (χ3v) is 2.07. The first-order chi connectivity index (χ1) is 7.33. The van der Waals surface area contributed by atoms with Gasteiger partial charge < -0.3 is 15.2 Å². The van der Waals surface area contributed by atoms with Crippen LogP contribution in [0.15, 0.2) is 30.9 Å². The highest BCUT2D eigenvalue weighted by molar-refractivity contribution is 5.46. The van der Waals surface area contributed by atoms with E-state index >= 15 is 0 Å². The lowest BCUT2D eigenvalue weighted by molar-refractivity contribution is 0.297. The van der Waals surface area contributed by atoms with Crippen LogP contribution < -0.4 is 15.2 Å². The Bertz CT molecular complexity index is 301. The number of benzene rings is 1. The van der Waals surface area contributed by atoms with Crippen LogP contribution in [0.2, 0.25) is 0 Å². The SMILES string of the molecule is C=CCCOc1c(CN)cccc1OC. The molecule has 0 aromatic heterocycles. The van der Waals surface area contributed by atoms with Gasteiger partial charge in [-0.1, -0.05) is 18.2 Å². The van der Waals surface area contributed by atoms with Crippen molar-refractivity contribution in [2.24, 2.45) is 5.73 Å². The van der Waals surface area contributed by atoms with Crippen molar-refractivity contribution in [1.82, 2.24) is 0 Å². The van der Waals surface area contributed by atoms with E-state index in [1.165, 1.54) is 0 Å². The Morgan fingerprint density at radius 1 is 1.47 bits per heavy atom. The minimum atomic E-state index is 0.445. The molecule has 3 heteroatoms. The summed E-state index contributed by atoms with van der Waals surface area (Å²) in [5, 5.41) is 0. The second-order valence-electron chi connectivity index (χ2n) is 3.08. The third kappa shape index (κ3) is 2.99. The van der Waals surface area contributed by atoms with Crippen LogP contribution in [0.5, 0.6) is 11.5 Å². The van der Waals surface area contributed by atoms with Crippen molar-refractivity contribution >= 4 is 0 Å². The standard InChI is InChI=1S/C12H17NO2/c1-3-4-8-15-12-10(9-13)6-5-7-11(12)14-2/h3,5-7H,1,4,8-9,13H2,2H3. The van der Waals surface area contributed by atoms with E-state index in [1.54, 1.807) is 7.11 Å². The van der Waals surface area contributed by atoms with Crippen molar-refractivity contribution in [3.8, 4) is 11.5 Å². The Kier molecular flexibility index (Phi) is 4.71. The van der Waals surface area contributed by atoms with Crippen LogP contribution in [0.3, 0.4) is 0 Å². The normalized spacial score (nSPS) is 9.73. The number of nitrogens with two attached hydrogens (primary N) is 1. The highest BCUT2D eigenvalue weighted by atomic mass is 16.5. The van der Waals surface area contributed by atoms with Gasteiger partial charge in [-0.25, -0.2) is 0 Å². The molecule has 0 aliphatic carbocycles. The van der Waals surface area contributed by atoms with Gasteiger partial charge in [-0.2, -0.15) is 0 Å². The highest BCUT2D eigenvalue weighted by Crippen LogP contribution is 2.30. The molecule has 0 bridgehead atoms. The van der Waals surface area contributed by atoms with Crippen molar-refractivity contribution in [2.45, 2.75) is 13.0 Å². The lowest BCUT2D eigenvalue weighted by Gasteiger charge is -2.13. The fourth-order valence-electron chi connectivity index (χ4n) is 1.29. The summed E-state index contributed by atoms with van der Waals surface area (Å²) >= 11 is 0. The van der Waals surface area contributed by atoms with Crippen LogP contribution in [0.25, 0.3) is 0 Å². The maximum Gasteiger partial charge on any atom is 0.165 e. The molecule has 0 spiro atoms. The first-order valence-electron chi connectivity index (χ1n) is 4.93. The van der Waals surface area contributed by atoms with E-state index in [4.69, 9.17) is 15.2 Å². The molecular formula is C12H17NO2. The van der Waals surface area contributed by atoms with Gasteiger partial charge in [0.05, 0.1) is 13.7 Å². The van der Waals surface area contributed by atoms with Gasteiger partial charge in [-0.15, -0.1) is 6.58 Å². The first-order valence-corrected chi connectivity index (χ1v) is 4.93. The topological polar surface area (TPSA) is 44.5 Å². The second kappa shape index (κ2) is 6.09. The summed E-state index contributed by atoms with van der Waals surface area (Å²) in [5.74, 6) is 1.46. The molecule has 1 rings (SSSR count). The quantitative estimate of drug-likeness (QED) is 0.574. The largest absolute Gasteiger partial charge is 0.493 e. The molecule has 0 atom stereocenters. The molecule has 0 saturated heterocycles. The van der Waals surface area contributed by atoms with Gasteiger partial charge in [0.15, 0.2) is 11.5 Å². The maximum atomic E-state index is 5.62. The minimum Gasteiger partial charge on any atom is -0.493 e. The molecular weight excluding hydrogens is 190 g/mol. The van der Waals surface area contributed by atoms with E-state index in [-0.39, 0.29) is 0 Å². The van der Waals surface area contributed by atoms with Gasteiger partial charge in [0, 0.05) is 12.1 Å². The predicted octanol–water partition coefficient (Wildman–Crippen LogP) is 2.11. The predicted molar refractivity (Wildman–Crippen MR) is 61.2 cm³/mol. The van der Waals surface area contributed by atoms with Gasteiger partial charge in [0.25, 0.3) is 0 Å². The lowest BCUT2D eigenvalue weighted by Crippen LogP contribution is -2.04. The number of methoxy groups -OCH3 is 1.